The van der Waals surface area contributed by atoms with Gasteiger partial charge in [-0.15, -0.1) is 0 Å². The molecule has 2 saturated heterocycles. The fourth-order valence-electron chi connectivity index (χ4n) is 3.90. The molecule has 0 amide bonds. The zero-order chi connectivity index (χ0) is 17.5. The van der Waals surface area contributed by atoms with E-state index in [1.807, 2.05) is 18.5 Å². The van der Waals surface area contributed by atoms with Crippen molar-refractivity contribution in [1.82, 2.24) is 29.8 Å². The maximum atomic E-state index is 4.51. The summed E-state index contributed by atoms with van der Waals surface area (Å²) in [6.45, 7) is 8.16. The van der Waals surface area contributed by atoms with E-state index in [0.29, 0.717) is 6.04 Å². The molecule has 0 saturated carbocycles. The van der Waals surface area contributed by atoms with Gasteiger partial charge in [-0.25, -0.2) is 19.9 Å². The van der Waals surface area contributed by atoms with E-state index in [0.717, 1.165) is 67.8 Å². The zero-order valence-corrected chi connectivity index (χ0v) is 14.8. The number of piperazine rings is 1. The lowest BCUT2D eigenvalue weighted by atomic mass is 10.1. The highest BCUT2D eigenvalue weighted by molar-refractivity contribution is 5.87. The largest absolute Gasteiger partial charge is 0.354 e. The molecule has 2 aliphatic heterocycles. The van der Waals surface area contributed by atoms with Crippen LogP contribution in [0.1, 0.15) is 5.69 Å². The number of nitrogens with one attached hydrogen (secondary N) is 1. The number of hydrogen-bond donors (Lipinski definition) is 1. The van der Waals surface area contributed by atoms with Gasteiger partial charge in [-0.2, -0.15) is 0 Å². The molecule has 5 rings (SSSR count). The number of aromatic amines is 1. The van der Waals surface area contributed by atoms with Gasteiger partial charge in [0.05, 0.1) is 5.52 Å². The van der Waals surface area contributed by atoms with Crippen LogP contribution in [0.5, 0.6) is 0 Å². The van der Waals surface area contributed by atoms with Crippen LogP contribution in [0.4, 0.5) is 11.8 Å². The fourth-order valence-corrected chi connectivity index (χ4v) is 3.90. The van der Waals surface area contributed by atoms with E-state index in [1.165, 1.54) is 0 Å². The van der Waals surface area contributed by atoms with Crippen LogP contribution in [0, 0.1) is 6.92 Å². The quantitative estimate of drug-likeness (QED) is 0.757. The van der Waals surface area contributed by atoms with Crippen LogP contribution >= 0.6 is 0 Å². The molecule has 1 N–H and O–H groups in total. The van der Waals surface area contributed by atoms with Crippen LogP contribution < -0.4 is 9.80 Å². The minimum Gasteiger partial charge on any atom is -0.354 e. The molecular formula is C18H22N8. The lowest BCUT2D eigenvalue weighted by Gasteiger charge is -2.48. The smallest absolute Gasteiger partial charge is 0.225 e. The fraction of sp³-hybridized carbons (Fsp3) is 0.444. The van der Waals surface area contributed by atoms with Crippen molar-refractivity contribution in [3.8, 4) is 0 Å². The van der Waals surface area contributed by atoms with E-state index < -0.39 is 0 Å². The number of H-pyrrole nitrogens is 1. The molecule has 3 aromatic heterocycles. The minimum absolute atomic E-state index is 0.593. The molecule has 5 heterocycles. The molecule has 0 bridgehead atoms. The summed E-state index contributed by atoms with van der Waals surface area (Å²) in [4.78, 5) is 28.2. The number of hydrogen-bond acceptors (Lipinski definition) is 7. The standard InChI is InChI=1S/C18H22N8/c1-13-9-15-16(23-13)17(22-12-21-15)26-10-14(11-26)24-5-7-25(8-6-24)18-19-3-2-4-20-18/h2-4,9,12,14,23H,5-8,10-11H2,1H3. The Balaban J connectivity index is 1.21. The Morgan fingerprint density at radius 3 is 2.50 bits per heavy atom. The van der Waals surface area contributed by atoms with Gasteiger partial charge in [0, 0.05) is 63.4 Å². The Bertz CT molecular complexity index is 894. The molecule has 0 unspecified atom stereocenters. The highest BCUT2D eigenvalue weighted by Gasteiger charge is 2.35. The van der Waals surface area contributed by atoms with Crippen molar-refractivity contribution in [2.24, 2.45) is 0 Å². The van der Waals surface area contributed by atoms with Crippen LogP contribution in [0.15, 0.2) is 30.9 Å². The Kier molecular flexibility index (Phi) is 3.70. The second-order valence-corrected chi connectivity index (χ2v) is 7.04. The molecule has 0 aromatic carbocycles. The van der Waals surface area contributed by atoms with Crippen LogP contribution in [-0.4, -0.2) is 75.1 Å². The number of anilines is 2. The van der Waals surface area contributed by atoms with Crippen LogP contribution in [0.3, 0.4) is 0 Å². The summed E-state index contributed by atoms with van der Waals surface area (Å²) in [5, 5.41) is 0. The van der Waals surface area contributed by atoms with Crippen molar-refractivity contribution in [2.75, 3.05) is 49.1 Å². The normalized spacial score (nSPS) is 19.1. The van der Waals surface area contributed by atoms with E-state index in [4.69, 9.17) is 0 Å². The number of rotatable bonds is 3. The van der Waals surface area contributed by atoms with Gasteiger partial charge in [0.25, 0.3) is 0 Å². The highest BCUT2D eigenvalue weighted by atomic mass is 15.4. The van der Waals surface area contributed by atoms with Gasteiger partial charge in [0.15, 0.2) is 5.82 Å². The molecule has 0 spiro atoms. The third-order valence-corrected chi connectivity index (χ3v) is 5.36. The molecule has 0 aliphatic carbocycles. The Morgan fingerprint density at radius 1 is 0.962 bits per heavy atom. The lowest BCUT2D eigenvalue weighted by Crippen LogP contribution is -2.63. The van der Waals surface area contributed by atoms with E-state index in [1.54, 1.807) is 6.33 Å². The first-order valence-corrected chi connectivity index (χ1v) is 9.09. The van der Waals surface area contributed by atoms with Crippen LogP contribution in [-0.2, 0) is 0 Å². The SMILES string of the molecule is Cc1cc2ncnc(N3CC(N4CCN(c5ncccn5)CC4)C3)c2[nH]1. The van der Waals surface area contributed by atoms with Gasteiger partial charge in [-0.1, -0.05) is 0 Å². The molecule has 2 aliphatic rings. The first kappa shape index (κ1) is 15.5. The average molecular weight is 350 g/mol. The first-order valence-electron chi connectivity index (χ1n) is 9.09. The van der Waals surface area contributed by atoms with E-state index >= 15 is 0 Å². The average Bonchev–Trinajstić information content (AvgIpc) is 3.03. The topological polar surface area (TPSA) is 77.1 Å². The number of fused-ring (bicyclic) bond motifs is 1. The minimum atomic E-state index is 0.593. The first-order chi connectivity index (χ1) is 12.8. The predicted octanol–water partition coefficient (Wildman–Crippen LogP) is 1.07. The number of nitrogens with zero attached hydrogens (tertiary/aromatic N) is 7. The molecule has 0 radical (unpaired) electrons. The van der Waals surface area contributed by atoms with Crippen LogP contribution in [0.25, 0.3) is 11.0 Å². The third kappa shape index (κ3) is 2.66. The number of aromatic nitrogens is 5. The maximum Gasteiger partial charge on any atom is 0.225 e. The van der Waals surface area contributed by atoms with Crippen molar-refractivity contribution >= 4 is 22.8 Å². The van der Waals surface area contributed by atoms with Gasteiger partial charge in [-0.05, 0) is 19.1 Å². The maximum absolute atomic E-state index is 4.51. The van der Waals surface area contributed by atoms with Gasteiger partial charge >= 0.3 is 0 Å². The third-order valence-electron chi connectivity index (χ3n) is 5.36. The highest BCUT2D eigenvalue weighted by Crippen LogP contribution is 2.28. The molecule has 8 heteroatoms. The summed E-state index contributed by atoms with van der Waals surface area (Å²) < 4.78 is 0. The second kappa shape index (κ2) is 6.21. The van der Waals surface area contributed by atoms with Crippen molar-refractivity contribution in [3.05, 3.63) is 36.5 Å². The summed E-state index contributed by atoms with van der Waals surface area (Å²) in [7, 11) is 0. The summed E-state index contributed by atoms with van der Waals surface area (Å²) in [6.07, 6.45) is 5.28. The second-order valence-electron chi connectivity index (χ2n) is 7.04. The molecule has 3 aromatic rings. The Labute approximate surface area is 151 Å². The summed E-state index contributed by atoms with van der Waals surface area (Å²) in [6, 6.07) is 4.52. The van der Waals surface area contributed by atoms with Gasteiger partial charge in [0.1, 0.15) is 11.8 Å². The molecular weight excluding hydrogens is 328 g/mol. The molecule has 8 nitrogen and oxygen atoms in total. The summed E-state index contributed by atoms with van der Waals surface area (Å²) in [5.74, 6) is 1.86. The summed E-state index contributed by atoms with van der Waals surface area (Å²) >= 11 is 0. The predicted molar refractivity (Wildman–Crippen MR) is 100 cm³/mol. The Hall–Kier alpha value is -2.74. The molecule has 26 heavy (non-hydrogen) atoms. The zero-order valence-electron chi connectivity index (χ0n) is 14.8. The lowest BCUT2D eigenvalue weighted by molar-refractivity contribution is 0.156. The number of aryl methyl sites for hydroxylation is 1. The van der Waals surface area contributed by atoms with Crippen molar-refractivity contribution in [3.63, 3.8) is 0 Å². The molecule has 134 valence electrons. The van der Waals surface area contributed by atoms with Crippen molar-refractivity contribution < 1.29 is 0 Å². The van der Waals surface area contributed by atoms with Gasteiger partial charge in [-0.3, -0.25) is 4.90 Å². The van der Waals surface area contributed by atoms with Crippen molar-refractivity contribution in [1.29, 1.82) is 0 Å². The van der Waals surface area contributed by atoms with Gasteiger partial charge < -0.3 is 14.8 Å². The summed E-state index contributed by atoms with van der Waals surface area (Å²) in [5.41, 5.74) is 3.17. The van der Waals surface area contributed by atoms with Crippen LogP contribution in [0.2, 0.25) is 0 Å². The van der Waals surface area contributed by atoms with E-state index in [9.17, 15) is 0 Å². The van der Waals surface area contributed by atoms with Gasteiger partial charge in [0.2, 0.25) is 5.95 Å². The molecule has 0 atom stereocenters. The van der Waals surface area contributed by atoms with Crippen molar-refractivity contribution in [2.45, 2.75) is 13.0 Å². The van der Waals surface area contributed by atoms with E-state index in [2.05, 4.69) is 52.6 Å². The molecule has 2 fully saturated rings. The Morgan fingerprint density at radius 2 is 1.73 bits per heavy atom. The van der Waals surface area contributed by atoms with E-state index in [-0.39, 0.29) is 0 Å². The monoisotopic (exact) mass is 350 g/mol.